The molecule has 2 heterocycles. The maximum Gasteiger partial charge on any atom is 0.308 e. The number of fused-ring (bicyclic) bond motifs is 1. The minimum absolute atomic E-state index is 0.0289. The van der Waals surface area contributed by atoms with Crippen LogP contribution in [0.2, 0.25) is 0 Å². The summed E-state index contributed by atoms with van der Waals surface area (Å²) >= 11 is 0. The van der Waals surface area contributed by atoms with Gasteiger partial charge in [-0.15, -0.1) is 0 Å². The molecule has 0 aromatic carbocycles. The Morgan fingerprint density at radius 2 is 1.00 bits per heavy atom. The molecular weight excluding hydrogens is 676 g/mol. The lowest BCUT2D eigenvalue weighted by Crippen LogP contribution is -2.44. The number of esters is 1. The number of nitrogens with one attached hydrogen (secondary N) is 1. The van der Waals surface area contributed by atoms with Crippen LogP contribution in [0.25, 0.3) is 0 Å². The summed E-state index contributed by atoms with van der Waals surface area (Å²) in [5, 5.41) is 2.72. The normalized spacial score (nSPS) is 16.8. The summed E-state index contributed by atoms with van der Waals surface area (Å²) in [6.07, 6.45) is 2.97. The topological polar surface area (TPSA) is 181 Å². The van der Waals surface area contributed by atoms with Gasteiger partial charge in [-0.05, 0) is 26.8 Å². The van der Waals surface area contributed by atoms with Crippen LogP contribution in [0, 0.1) is 0 Å². The van der Waals surface area contributed by atoms with Crippen molar-refractivity contribution in [2.45, 2.75) is 45.1 Å². The van der Waals surface area contributed by atoms with Crippen LogP contribution in [0.3, 0.4) is 0 Å². The highest BCUT2D eigenvalue weighted by molar-refractivity contribution is 5.92. The number of nitrogens with zero attached hydrogens (tertiary/aromatic N) is 1. The summed E-state index contributed by atoms with van der Waals surface area (Å²) in [7, 11) is 0. The van der Waals surface area contributed by atoms with Gasteiger partial charge in [0.2, 0.25) is 11.8 Å². The number of epoxide rings is 1. The number of ether oxygens (including phenoxy) is 12. The second-order valence-electron chi connectivity index (χ2n) is 12.1. The van der Waals surface area contributed by atoms with Crippen LogP contribution in [0.15, 0.2) is 12.2 Å². The summed E-state index contributed by atoms with van der Waals surface area (Å²) in [6, 6.07) is 0. The van der Waals surface area contributed by atoms with Gasteiger partial charge in [0.05, 0.1) is 139 Å². The Morgan fingerprint density at radius 1 is 0.627 bits per heavy atom. The molecule has 1 fully saturated rings. The molecule has 296 valence electrons. The lowest BCUT2D eigenvalue weighted by Gasteiger charge is -2.20. The van der Waals surface area contributed by atoms with Gasteiger partial charge in [0.25, 0.3) is 0 Å². The first-order chi connectivity index (χ1) is 24.8. The van der Waals surface area contributed by atoms with E-state index in [1.54, 1.807) is 6.08 Å². The Bertz CT molecular complexity index is 949. The van der Waals surface area contributed by atoms with Gasteiger partial charge in [-0.1, -0.05) is 0 Å². The van der Waals surface area contributed by atoms with Crippen molar-refractivity contribution in [2.24, 2.45) is 0 Å². The number of amides is 2. The van der Waals surface area contributed by atoms with E-state index in [0.717, 1.165) is 0 Å². The third kappa shape index (κ3) is 26.2. The van der Waals surface area contributed by atoms with Crippen molar-refractivity contribution in [2.75, 3.05) is 145 Å². The minimum atomic E-state index is -0.481. The fraction of sp³-hybridized carbons (Fsp3) is 0.853. The number of carbonyl (C=O) groups is 3. The zero-order chi connectivity index (χ0) is 36.8. The van der Waals surface area contributed by atoms with Gasteiger partial charge in [0, 0.05) is 12.6 Å². The van der Waals surface area contributed by atoms with Gasteiger partial charge in [0.1, 0.15) is 18.2 Å². The van der Waals surface area contributed by atoms with E-state index < -0.39 is 5.60 Å². The summed E-state index contributed by atoms with van der Waals surface area (Å²) in [5.74, 6) is -0.740. The quantitative estimate of drug-likeness (QED) is 0.0527. The van der Waals surface area contributed by atoms with E-state index in [2.05, 4.69) is 5.32 Å². The summed E-state index contributed by atoms with van der Waals surface area (Å²) in [5.41, 5.74) is -0.481. The van der Waals surface area contributed by atoms with Crippen LogP contribution in [-0.2, 0) is 71.2 Å². The van der Waals surface area contributed by atoms with Crippen LogP contribution in [0.1, 0.15) is 27.2 Å². The number of hydrogen-bond donors (Lipinski definition) is 1. The molecule has 0 spiro atoms. The summed E-state index contributed by atoms with van der Waals surface area (Å²) < 4.78 is 65.0. The Hall–Kier alpha value is -2.29. The zero-order valence-corrected chi connectivity index (χ0v) is 30.6. The average Bonchev–Trinajstić information content (AvgIpc) is 3.88. The van der Waals surface area contributed by atoms with Gasteiger partial charge >= 0.3 is 5.97 Å². The Balaban J connectivity index is 1.16. The van der Waals surface area contributed by atoms with E-state index >= 15 is 0 Å². The van der Waals surface area contributed by atoms with Crippen molar-refractivity contribution in [1.29, 1.82) is 0 Å². The van der Waals surface area contributed by atoms with Crippen molar-refractivity contribution in [3.8, 4) is 0 Å². The molecule has 0 aromatic rings. The largest absolute Gasteiger partial charge is 0.460 e. The van der Waals surface area contributed by atoms with E-state index in [1.807, 2.05) is 20.8 Å². The molecule has 51 heavy (non-hydrogen) atoms. The molecule has 0 aliphatic carbocycles. The lowest BCUT2D eigenvalue weighted by atomic mass is 10.2. The third-order valence-corrected chi connectivity index (χ3v) is 6.62. The second-order valence-corrected chi connectivity index (χ2v) is 12.1. The van der Waals surface area contributed by atoms with Gasteiger partial charge in [-0.25, -0.2) is 0 Å². The van der Waals surface area contributed by atoms with Gasteiger partial charge in [0.15, 0.2) is 6.23 Å². The first kappa shape index (κ1) is 44.9. The van der Waals surface area contributed by atoms with Crippen molar-refractivity contribution in [3.05, 3.63) is 12.2 Å². The lowest BCUT2D eigenvalue weighted by molar-refractivity contribution is -0.156. The van der Waals surface area contributed by atoms with Crippen molar-refractivity contribution >= 4 is 17.8 Å². The standard InChI is InChI=1S/C34H60N2O15/c1-34(2,3)51-32(39)6-8-40-10-12-42-14-16-44-18-20-46-22-24-48-26-27-49-25-23-47-21-19-45-17-15-43-13-11-41-9-7-35-30(37)28-36-31(38)5-4-29-33(36)50-29/h4-5,29,33H,6-28H2,1-3H3,(H,35,37). The Labute approximate surface area is 301 Å². The highest BCUT2D eigenvalue weighted by Gasteiger charge is 2.47. The van der Waals surface area contributed by atoms with E-state index in [4.69, 9.17) is 56.8 Å². The van der Waals surface area contributed by atoms with E-state index in [-0.39, 0.29) is 43.1 Å². The average molecular weight is 737 g/mol. The molecular formula is C34H60N2O15. The van der Waals surface area contributed by atoms with Crippen LogP contribution in [-0.4, -0.2) is 186 Å². The molecule has 2 amide bonds. The summed E-state index contributed by atoms with van der Waals surface area (Å²) in [6.45, 7) is 14.7. The third-order valence-electron chi connectivity index (χ3n) is 6.62. The molecule has 2 unspecified atom stereocenters. The number of carbonyl (C=O) groups excluding carboxylic acids is 3. The van der Waals surface area contributed by atoms with Crippen LogP contribution < -0.4 is 5.32 Å². The fourth-order valence-corrected chi connectivity index (χ4v) is 4.18. The highest BCUT2D eigenvalue weighted by Crippen LogP contribution is 2.30. The maximum absolute atomic E-state index is 12.0. The molecule has 1 saturated heterocycles. The highest BCUT2D eigenvalue weighted by atomic mass is 16.6. The Morgan fingerprint density at radius 3 is 1.39 bits per heavy atom. The summed E-state index contributed by atoms with van der Waals surface area (Å²) in [4.78, 5) is 36.8. The van der Waals surface area contributed by atoms with Crippen molar-refractivity contribution in [1.82, 2.24) is 10.2 Å². The number of rotatable bonds is 35. The zero-order valence-electron chi connectivity index (χ0n) is 30.6. The molecule has 2 atom stereocenters. The molecule has 2 aliphatic heterocycles. The van der Waals surface area contributed by atoms with Crippen LogP contribution in [0.5, 0.6) is 0 Å². The van der Waals surface area contributed by atoms with Crippen LogP contribution >= 0.6 is 0 Å². The molecule has 1 N–H and O–H groups in total. The maximum atomic E-state index is 12.0. The predicted octanol–water partition coefficient (Wildman–Crippen LogP) is 0.124. The van der Waals surface area contributed by atoms with E-state index in [1.165, 1.54) is 11.0 Å². The molecule has 0 saturated carbocycles. The van der Waals surface area contributed by atoms with Gasteiger partial charge in [-0.3, -0.25) is 14.4 Å². The molecule has 17 heteroatoms. The van der Waals surface area contributed by atoms with Crippen molar-refractivity contribution < 1.29 is 71.2 Å². The molecule has 0 bridgehead atoms. The van der Waals surface area contributed by atoms with Gasteiger partial charge < -0.3 is 67.1 Å². The van der Waals surface area contributed by atoms with Gasteiger partial charge in [-0.2, -0.15) is 0 Å². The van der Waals surface area contributed by atoms with E-state index in [9.17, 15) is 14.4 Å². The fourth-order valence-electron chi connectivity index (χ4n) is 4.18. The SMILES string of the molecule is CC(C)(C)OC(=O)CCOCCOCCOCCOCCOCCOCCOCCOCCOCCOCCNC(=O)CN1C(=O)C=CC2OC21. The number of hydrogen-bond acceptors (Lipinski definition) is 15. The molecule has 0 aromatic heterocycles. The molecule has 2 rings (SSSR count). The smallest absolute Gasteiger partial charge is 0.308 e. The molecule has 2 aliphatic rings. The second kappa shape index (κ2) is 29.2. The monoisotopic (exact) mass is 736 g/mol. The van der Waals surface area contributed by atoms with E-state index in [0.29, 0.717) is 139 Å². The predicted molar refractivity (Wildman–Crippen MR) is 181 cm³/mol. The molecule has 0 radical (unpaired) electrons. The minimum Gasteiger partial charge on any atom is -0.460 e. The van der Waals surface area contributed by atoms with Crippen molar-refractivity contribution in [3.63, 3.8) is 0 Å². The first-order valence-electron chi connectivity index (χ1n) is 17.7. The van der Waals surface area contributed by atoms with Crippen LogP contribution in [0.4, 0.5) is 0 Å². The first-order valence-corrected chi connectivity index (χ1v) is 17.7. The Kier molecular flexibility index (Phi) is 25.7. The molecule has 17 nitrogen and oxygen atoms in total.